The lowest BCUT2D eigenvalue weighted by molar-refractivity contribution is -0.384. The molecule has 8 heteroatoms. The van der Waals surface area contributed by atoms with Crippen LogP contribution in [-0.2, 0) is 5.75 Å². The van der Waals surface area contributed by atoms with Crippen LogP contribution in [0.1, 0.15) is 16.7 Å². The minimum absolute atomic E-state index is 0.0223. The van der Waals surface area contributed by atoms with E-state index < -0.39 is 4.92 Å². The molecule has 1 aliphatic heterocycles. The van der Waals surface area contributed by atoms with Crippen LogP contribution in [0.5, 0.6) is 11.5 Å². The molecule has 2 aromatic carbocycles. The number of benzene rings is 2. The van der Waals surface area contributed by atoms with E-state index in [1.165, 1.54) is 11.8 Å². The molecule has 1 heterocycles. The zero-order valence-electron chi connectivity index (χ0n) is 13.7. The van der Waals surface area contributed by atoms with Crippen LogP contribution in [0.4, 0.5) is 11.4 Å². The first-order valence-corrected chi connectivity index (χ1v) is 8.91. The standard InChI is InChI=1S/C17H16N2O4S2/c1-10-5-13(14(19(20)21)6-11(10)2)18-17(24)25-8-12-3-4-15-16(7-12)23-9-22-15/h3-7H,8-9H2,1-2H3,(H,18,24). The molecule has 0 aromatic heterocycles. The Hall–Kier alpha value is -2.32. The van der Waals surface area contributed by atoms with Crippen LogP contribution in [-0.4, -0.2) is 16.0 Å². The van der Waals surface area contributed by atoms with E-state index in [1.807, 2.05) is 32.0 Å². The van der Waals surface area contributed by atoms with E-state index in [2.05, 4.69) is 5.32 Å². The van der Waals surface area contributed by atoms with Crippen LogP contribution in [0.2, 0.25) is 0 Å². The second-order valence-electron chi connectivity index (χ2n) is 5.60. The Labute approximate surface area is 154 Å². The van der Waals surface area contributed by atoms with Crippen LogP contribution in [0, 0.1) is 24.0 Å². The summed E-state index contributed by atoms with van der Waals surface area (Å²) in [4.78, 5) is 10.8. The molecule has 0 amide bonds. The molecular formula is C17H16N2O4S2. The fraction of sp³-hybridized carbons (Fsp3) is 0.235. The highest BCUT2D eigenvalue weighted by molar-refractivity contribution is 8.22. The Kier molecular flexibility index (Phi) is 5.10. The monoisotopic (exact) mass is 376 g/mol. The molecule has 0 saturated carbocycles. The Morgan fingerprint density at radius 1 is 1.24 bits per heavy atom. The van der Waals surface area contributed by atoms with E-state index in [4.69, 9.17) is 21.7 Å². The molecule has 0 unspecified atom stereocenters. The van der Waals surface area contributed by atoms with Gasteiger partial charge >= 0.3 is 0 Å². The predicted molar refractivity (Wildman–Crippen MR) is 103 cm³/mol. The number of anilines is 1. The molecule has 130 valence electrons. The molecule has 0 saturated heterocycles. The Morgan fingerprint density at radius 3 is 2.72 bits per heavy atom. The van der Waals surface area contributed by atoms with Crippen LogP contribution >= 0.6 is 24.0 Å². The number of nitrogens with zero attached hydrogens (tertiary/aromatic N) is 1. The first-order valence-electron chi connectivity index (χ1n) is 7.52. The third-order valence-corrected chi connectivity index (χ3v) is 5.15. The smallest absolute Gasteiger partial charge is 0.292 e. The Balaban J connectivity index is 1.67. The number of nitro benzene ring substituents is 1. The van der Waals surface area contributed by atoms with Gasteiger partial charge in [-0.15, -0.1) is 0 Å². The largest absolute Gasteiger partial charge is 0.454 e. The van der Waals surface area contributed by atoms with Crippen molar-refractivity contribution in [1.29, 1.82) is 0 Å². The molecule has 0 atom stereocenters. The summed E-state index contributed by atoms with van der Waals surface area (Å²) in [5.41, 5.74) is 3.31. The summed E-state index contributed by atoms with van der Waals surface area (Å²) in [5.74, 6) is 2.09. The maximum absolute atomic E-state index is 11.2. The molecule has 1 aliphatic rings. The van der Waals surface area contributed by atoms with Crippen molar-refractivity contribution in [2.45, 2.75) is 19.6 Å². The number of ether oxygens (including phenoxy) is 2. The van der Waals surface area contributed by atoms with Crippen molar-refractivity contribution in [1.82, 2.24) is 0 Å². The van der Waals surface area contributed by atoms with E-state index in [9.17, 15) is 10.1 Å². The minimum Gasteiger partial charge on any atom is -0.454 e. The predicted octanol–water partition coefficient (Wildman–Crippen LogP) is 4.57. The van der Waals surface area contributed by atoms with Crippen molar-refractivity contribution in [2.75, 3.05) is 12.1 Å². The number of nitrogens with one attached hydrogen (secondary N) is 1. The van der Waals surface area contributed by atoms with Gasteiger partial charge in [0.25, 0.3) is 5.69 Å². The summed E-state index contributed by atoms with van der Waals surface area (Å²) in [7, 11) is 0. The number of thiocarbonyl (C=S) groups is 1. The van der Waals surface area contributed by atoms with Crippen LogP contribution < -0.4 is 14.8 Å². The molecule has 0 fully saturated rings. The van der Waals surface area contributed by atoms with Gasteiger partial charge in [0.15, 0.2) is 11.5 Å². The Morgan fingerprint density at radius 2 is 1.96 bits per heavy atom. The summed E-state index contributed by atoms with van der Waals surface area (Å²) in [6.45, 7) is 3.99. The highest BCUT2D eigenvalue weighted by Crippen LogP contribution is 2.34. The highest BCUT2D eigenvalue weighted by atomic mass is 32.2. The summed E-state index contributed by atoms with van der Waals surface area (Å²) >= 11 is 6.73. The number of hydrogen-bond acceptors (Lipinski definition) is 6. The van der Waals surface area contributed by atoms with Crippen molar-refractivity contribution < 1.29 is 14.4 Å². The van der Waals surface area contributed by atoms with Gasteiger partial charge in [-0.2, -0.15) is 0 Å². The van der Waals surface area contributed by atoms with Gasteiger partial charge in [-0.3, -0.25) is 10.1 Å². The quantitative estimate of drug-likeness (QED) is 0.476. The molecule has 0 radical (unpaired) electrons. The number of fused-ring (bicyclic) bond motifs is 1. The fourth-order valence-corrected chi connectivity index (χ4v) is 3.32. The van der Waals surface area contributed by atoms with Gasteiger partial charge in [0, 0.05) is 11.8 Å². The molecule has 2 aromatic rings. The minimum atomic E-state index is -0.403. The summed E-state index contributed by atoms with van der Waals surface area (Å²) in [6.07, 6.45) is 0. The summed E-state index contributed by atoms with van der Waals surface area (Å²) in [5, 5.41) is 14.2. The summed E-state index contributed by atoms with van der Waals surface area (Å²) in [6, 6.07) is 9.03. The van der Waals surface area contributed by atoms with Crippen LogP contribution in [0.3, 0.4) is 0 Å². The third-order valence-electron chi connectivity index (χ3n) is 3.85. The topological polar surface area (TPSA) is 73.6 Å². The first kappa shape index (κ1) is 17.5. The van der Waals surface area contributed by atoms with E-state index >= 15 is 0 Å². The molecular weight excluding hydrogens is 360 g/mol. The van der Waals surface area contributed by atoms with Gasteiger partial charge in [-0.1, -0.05) is 30.0 Å². The molecule has 25 heavy (non-hydrogen) atoms. The zero-order chi connectivity index (χ0) is 18.0. The summed E-state index contributed by atoms with van der Waals surface area (Å²) < 4.78 is 11.1. The van der Waals surface area contributed by atoms with Crippen molar-refractivity contribution in [3.8, 4) is 11.5 Å². The molecule has 3 rings (SSSR count). The van der Waals surface area contributed by atoms with Gasteiger partial charge in [0.1, 0.15) is 10.0 Å². The number of aryl methyl sites for hydroxylation is 2. The van der Waals surface area contributed by atoms with Crippen LogP contribution in [0.15, 0.2) is 30.3 Å². The van der Waals surface area contributed by atoms with E-state index in [1.54, 1.807) is 12.1 Å². The first-order chi connectivity index (χ1) is 11.9. The van der Waals surface area contributed by atoms with Gasteiger partial charge in [-0.05, 0) is 48.7 Å². The third kappa shape index (κ3) is 4.02. The lowest BCUT2D eigenvalue weighted by Gasteiger charge is -2.10. The lowest BCUT2D eigenvalue weighted by atomic mass is 10.1. The van der Waals surface area contributed by atoms with Crippen molar-refractivity contribution in [3.63, 3.8) is 0 Å². The van der Waals surface area contributed by atoms with Crippen molar-refractivity contribution >= 4 is 39.7 Å². The molecule has 1 N–H and O–H groups in total. The van der Waals surface area contributed by atoms with Gasteiger partial charge < -0.3 is 14.8 Å². The van der Waals surface area contributed by atoms with E-state index in [0.29, 0.717) is 15.8 Å². The normalized spacial score (nSPS) is 12.1. The SMILES string of the molecule is Cc1cc(NC(=S)SCc2ccc3c(c2)OCO3)c([N+](=O)[O-])cc1C. The molecule has 0 aliphatic carbocycles. The number of hydrogen-bond donors (Lipinski definition) is 1. The number of nitro groups is 1. The van der Waals surface area contributed by atoms with Gasteiger partial charge in [0.2, 0.25) is 6.79 Å². The number of thioether (sulfide) groups is 1. The average Bonchev–Trinajstić information content (AvgIpc) is 3.03. The van der Waals surface area contributed by atoms with E-state index in [0.717, 1.165) is 28.2 Å². The lowest BCUT2D eigenvalue weighted by Crippen LogP contribution is -2.08. The average molecular weight is 376 g/mol. The second kappa shape index (κ2) is 7.28. The van der Waals surface area contributed by atoms with E-state index in [-0.39, 0.29) is 12.5 Å². The fourth-order valence-electron chi connectivity index (χ4n) is 2.38. The van der Waals surface area contributed by atoms with Crippen LogP contribution in [0.25, 0.3) is 0 Å². The Bertz CT molecular complexity index is 855. The molecule has 0 bridgehead atoms. The van der Waals surface area contributed by atoms with Gasteiger partial charge in [0.05, 0.1) is 4.92 Å². The highest BCUT2D eigenvalue weighted by Gasteiger charge is 2.17. The molecule has 0 spiro atoms. The van der Waals surface area contributed by atoms with Crippen molar-refractivity contribution in [2.24, 2.45) is 0 Å². The van der Waals surface area contributed by atoms with Gasteiger partial charge in [-0.25, -0.2) is 0 Å². The number of rotatable bonds is 4. The second-order valence-corrected chi connectivity index (χ2v) is 7.25. The maximum Gasteiger partial charge on any atom is 0.292 e. The van der Waals surface area contributed by atoms with Crippen molar-refractivity contribution in [3.05, 3.63) is 57.1 Å². The zero-order valence-corrected chi connectivity index (χ0v) is 15.3. The molecule has 6 nitrogen and oxygen atoms in total. The maximum atomic E-state index is 11.2.